The molecule has 1 aromatic carbocycles. The molecule has 17 heavy (non-hydrogen) atoms. The molecule has 1 N–H and O–H groups in total. The number of nitrogens with one attached hydrogen (secondary N) is 1. The van der Waals surface area contributed by atoms with Gasteiger partial charge in [-0.3, -0.25) is 4.79 Å². The Morgan fingerprint density at radius 2 is 2.00 bits per heavy atom. The van der Waals surface area contributed by atoms with Crippen LogP contribution in [0.2, 0.25) is 5.02 Å². The van der Waals surface area contributed by atoms with Crippen molar-refractivity contribution in [3.63, 3.8) is 0 Å². The van der Waals surface area contributed by atoms with Gasteiger partial charge < -0.3 is 9.72 Å². The van der Waals surface area contributed by atoms with Crippen molar-refractivity contribution >= 4 is 11.6 Å². The van der Waals surface area contributed by atoms with Crippen LogP contribution in [-0.2, 0) is 0 Å². The highest BCUT2D eigenvalue weighted by Gasteiger charge is 2.09. The number of rotatable bonds is 3. The van der Waals surface area contributed by atoms with E-state index < -0.39 is 0 Å². The van der Waals surface area contributed by atoms with Crippen LogP contribution < -0.4 is 10.3 Å². The fourth-order valence-electron chi connectivity index (χ4n) is 1.37. The summed E-state index contributed by atoms with van der Waals surface area (Å²) in [6.45, 7) is 1.81. The van der Waals surface area contributed by atoms with Gasteiger partial charge in [0.1, 0.15) is 11.6 Å². The lowest BCUT2D eigenvalue weighted by Gasteiger charge is -2.13. The molecule has 4 nitrogen and oxygen atoms in total. The normalized spacial score (nSPS) is 12.1. The predicted molar refractivity (Wildman–Crippen MR) is 65.4 cm³/mol. The average molecular weight is 251 g/mol. The SMILES string of the molecule is CC(Oc1ccc(Cl)cc1)c1nccc(=O)[nH]1. The first-order valence-corrected chi connectivity index (χ1v) is 5.50. The van der Waals surface area contributed by atoms with Gasteiger partial charge in [-0.1, -0.05) is 11.6 Å². The van der Waals surface area contributed by atoms with E-state index in [0.29, 0.717) is 16.6 Å². The number of ether oxygens (including phenoxy) is 1. The number of halogens is 1. The molecule has 0 bridgehead atoms. The molecular weight excluding hydrogens is 240 g/mol. The van der Waals surface area contributed by atoms with Gasteiger partial charge in [-0.2, -0.15) is 0 Å². The van der Waals surface area contributed by atoms with Crippen molar-refractivity contribution in [1.29, 1.82) is 0 Å². The maximum absolute atomic E-state index is 11.1. The van der Waals surface area contributed by atoms with Crippen LogP contribution in [-0.4, -0.2) is 9.97 Å². The maximum atomic E-state index is 11.1. The van der Waals surface area contributed by atoms with Crippen LogP contribution in [0.5, 0.6) is 5.75 Å². The molecule has 1 heterocycles. The molecule has 0 radical (unpaired) electrons. The Labute approximate surface area is 103 Å². The molecule has 0 saturated carbocycles. The zero-order chi connectivity index (χ0) is 12.3. The van der Waals surface area contributed by atoms with Crippen LogP contribution in [0, 0.1) is 0 Å². The van der Waals surface area contributed by atoms with Crippen molar-refractivity contribution in [1.82, 2.24) is 9.97 Å². The Bertz CT molecular complexity index is 551. The van der Waals surface area contributed by atoms with Crippen LogP contribution in [0.1, 0.15) is 18.9 Å². The molecule has 0 aliphatic heterocycles. The summed E-state index contributed by atoms with van der Waals surface area (Å²) in [5.74, 6) is 1.17. The monoisotopic (exact) mass is 250 g/mol. The van der Waals surface area contributed by atoms with Gasteiger partial charge in [0.15, 0.2) is 6.10 Å². The van der Waals surface area contributed by atoms with Crippen LogP contribution in [0.4, 0.5) is 0 Å². The molecular formula is C12H11ClN2O2. The van der Waals surface area contributed by atoms with Crippen LogP contribution in [0.3, 0.4) is 0 Å². The summed E-state index contributed by atoms with van der Waals surface area (Å²) in [5, 5.41) is 0.649. The molecule has 2 aromatic rings. The minimum atomic E-state index is -0.329. The van der Waals surface area contributed by atoms with E-state index in [1.807, 2.05) is 6.92 Å². The van der Waals surface area contributed by atoms with Crippen molar-refractivity contribution in [3.8, 4) is 5.75 Å². The molecule has 1 atom stereocenters. The standard InChI is InChI=1S/C12H11ClN2O2/c1-8(12-14-7-6-11(16)15-12)17-10-4-2-9(13)3-5-10/h2-8H,1H3,(H,14,15,16). The fraction of sp³-hybridized carbons (Fsp3) is 0.167. The van der Waals surface area contributed by atoms with Crippen LogP contribution in [0.15, 0.2) is 41.3 Å². The number of H-pyrrole nitrogens is 1. The fourth-order valence-corrected chi connectivity index (χ4v) is 1.49. The molecule has 0 spiro atoms. The van der Waals surface area contributed by atoms with Gasteiger partial charge in [-0.25, -0.2) is 4.98 Å². The summed E-state index contributed by atoms with van der Waals surface area (Å²) in [6, 6.07) is 8.37. The summed E-state index contributed by atoms with van der Waals surface area (Å²) >= 11 is 5.77. The van der Waals surface area contributed by atoms with Crippen LogP contribution >= 0.6 is 11.6 Å². The van der Waals surface area contributed by atoms with Crippen molar-refractivity contribution in [3.05, 3.63) is 57.7 Å². The number of hydrogen-bond donors (Lipinski definition) is 1. The van der Waals surface area contributed by atoms with Crippen molar-refractivity contribution in [2.75, 3.05) is 0 Å². The van der Waals surface area contributed by atoms with Crippen molar-refractivity contribution < 1.29 is 4.74 Å². The summed E-state index contributed by atoms with van der Waals surface area (Å²) in [5.41, 5.74) is -0.193. The summed E-state index contributed by atoms with van der Waals surface area (Å²) < 4.78 is 5.62. The summed E-state index contributed by atoms with van der Waals surface area (Å²) in [6.07, 6.45) is 1.13. The zero-order valence-electron chi connectivity index (χ0n) is 9.18. The van der Waals surface area contributed by atoms with Gasteiger partial charge >= 0.3 is 0 Å². The minimum Gasteiger partial charge on any atom is -0.483 e. The lowest BCUT2D eigenvalue weighted by molar-refractivity contribution is 0.216. The molecule has 1 unspecified atom stereocenters. The number of hydrogen-bond acceptors (Lipinski definition) is 3. The second-order valence-corrected chi connectivity index (χ2v) is 3.97. The maximum Gasteiger partial charge on any atom is 0.250 e. The highest BCUT2D eigenvalue weighted by atomic mass is 35.5. The Morgan fingerprint density at radius 3 is 2.65 bits per heavy atom. The Morgan fingerprint density at radius 1 is 1.29 bits per heavy atom. The Kier molecular flexibility index (Phi) is 3.44. The van der Waals surface area contributed by atoms with Gasteiger partial charge in [-0.05, 0) is 31.2 Å². The molecule has 1 aromatic heterocycles. The van der Waals surface area contributed by atoms with E-state index in [1.165, 1.54) is 12.3 Å². The molecule has 0 amide bonds. The molecule has 0 aliphatic carbocycles. The van der Waals surface area contributed by atoms with Gasteiger partial charge in [0, 0.05) is 17.3 Å². The van der Waals surface area contributed by atoms with E-state index >= 15 is 0 Å². The first-order valence-electron chi connectivity index (χ1n) is 5.12. The highest BCUT2D eigenvalue weighted by Crippen LogP contribution is 2.20. The first kappa shape index (κ1) is 11.7. The van der Waals surface area contributed by atoms with Crippen molar-refractivity contribution in [2.24, 2.45) is 0 Å². The van der Waals surface area contributed by atoms with E-state index in [2.05, 4.69) is 9.97 Å². The van der Waals surface area contributed by atoms with Gasteiger partial charge in [0.25, 0.3) is 5.56 Å². The van der Waals surface area contributed by atoms with E-state index in [4.69, 9.17) is 16.3 Å². The Balaban J connectivity index is 2.14. The van der Waals surface area contributed by atoms with Gasteiger partial charge in [0.2, 0.25) is 0 Å². The third-order valence-electron chi connectivity index (χ3n) is 2.20. The van der Waals surface area contributed by atoms with Gasteiger partial charge in [-0.15, -0.1) is 0 Å². The van der Waals surface area contributed by atoms with E-state index in [1.54, 1.807) is 24.3 Å². The molecule has 5 heteroatoms. The lowest BCUT2D eigenvalue weighted by atomic mass is 10.3. The highest BCUT2D eigenvalue weighted by molar-refractivity contribution is 6.30. The Hall–Kier alpha value is -1.81. The number of benzene rings is 1. The van der Waals surface area contributed by atoms with Gasteiger partial charge in [0.05, 0.1) is 0 Å². The topological polar surface area (TPSA) is 55.0 Å². The zero-order valence-corrected chi connectivity index (χ0v) is 9.94. The molecule has 2 rings (SSSR count). The van der Waals surface area contributed by atoms with E-state index in [-0.39, 0.29) is 11.7 Å². The number of nitrogens with zero attached hydrogens (tertiary/aromatic N) is 1. The average Bonchev–Trinajstić information content (AvgIpc) is 2.32. The summed E-state index contributed by atoms with van der Waals surface area (Å²) in [7, 11) is 0. The molecule has 0 saturated heterocycles. The summed E-state index contributed by atoms with van der Waals surface area (Å²) in [4.78, 5) is 17.8. The molecule has 0 fully saturated rings. The lowest BCUT2D eigenvalue weighted by Crippen LogP contribution is -2.14. The quantitative estimate of drug-likeness (QED) is 0.911. The molecule has 88 valence electrons. The van der Waals surface area contributed by atoms with Crippen LogP contribution in [0.25, 0.3) is 0 Å². The predicted octanol–water partition coefficient (Wildman–Crippen LogP) is 2.56. The third-order valence-corrected chi connectivity index (χ3v) is 2.45. The van der Waals surface area contributed by atoms with E-state index in [0.717, 1.165) is 0 Å². The van der Waals surface area contributed by atoms with E-state index in [9.17, 15) is 4.79 Å². The minimum absolute atomic E-state index is 0.193. The second-order valence-electron chi connectivity index (χ2n) is 3.53. The smallest absolute Gasteiger partial charge is 0.250 e. The largest absolute Gasteiger partial charge is 0.483 e. The number of aromatic nitrogens is 2. The third kappa shape index (κ3) is 3.07. The first-order chi connectivity index (χ1) is 8.15. The molecule has 0 aliphatic rings. The second kappa shape index (κ2) is 5.01. The number of aromatic amines is 1. The van der Waals surface area contributed by atoms with Crippen molar-refractivity contribution in [2.45, 2.75) is 13.0 Å².